The maximum Gasteiger partial charge on any atom is 0.326 e. The van der Waals surface area contributed by atoms with E-state index in [-0.39, 0.29) is 17.2 Å². The fourth-order valence-corrected chi connectivity index (χ4v) is 5.78. The lowest BCUT2D eigenvalue weighted by Crippen LogP contribution is -2.46. The summed E-state index contributed by atoms with van der Waals surface area (Å²) in [5.74, 6) is 0.672. The van der Waals surface area contributed by atoms with Gasteiger partial charge in [-0.3, -0.25) is 4.79 Å². The molecule has 2 aliphatic rings. The van der Waals surface area contributed by atoms with E-state index in [1.54, 1.807) is 16.7 Å². The van der Waals surface area contributed by atoms with Crippen LogP contribution in [0.25, 0.3) is 0 Å². The number of likely N-dealkylation sites (tertiary alicyclic amines) is 1. The summed E-state index contributed by atoms with van der Waals surface area (Å²) in [6.07, 6.45) is 7.89. The number of benzene rings is 1. The normalized spacial score (nSPS) is 24.3. The number of nitrogens with zero attached hydrogens (tertiary/aromatic N) is 1. The fourth-order valence-electron chi connectivity index (χ4n) is 4.33. The molecular weight excluding hydrogens is 390 g/mol. The largest absolute Gasteiger partial charge is 0.480 e. The van der Waals surface area contributed by atoms with Gasteiger partial charge in [0.2, 0.25) is 5.91 Å². The van der Waals surface area contributed by atoms with E-state index in [9.17, 15) is 14.7 Å². The number of aliphatic carboxylic acids is 1. The molecule has 0 radical (unpaired) electrons. The van der Waals surface area contributed by atoms with Gasteiger partial charge in [-0.15, -0.1) is 11.8 Å². The molecule has 28 heavy (non-hydrogen) atoms. The van der Waals surface area contributed by atoms with Crippen LogP contribution >= 0.6 is 24.4 Å². The second-order valence-corrected chi connectivity index (χ2v) is 9.63. The first-order chi connectivity index (χ1) is 13.5. The zero-order chi connectivity index (χ0) is 20.1. The van der Waals surface area contributed by atoms with E-state index in [4.69, 9.17) is 0 Å². The summed E-state index contributed by atoms with van der Waals surface area (Å²) in [6, 6.07) is 8.20. The van der Waals surface area contributed by atoms with Gasteiger partial charge in [0, 0.05) is 17.4 Å². The minimum atomic E-state index is -0.903. The Labute approximate surface area is 177 Å². The van der Waals surface area contributed by atoms with Crippen molar-refractivity contribution in [1.29, 1.82) is 0 Å². The smallest absolute Gasteiger partial charge is 0.326 e. The first-order valence-corrected chi connectivity index (χ1v) is 12.1. The molecular formula is C22H31NO3S2. The van der Waals surface area contributed by atoms with Gasteiger partial charge in [0.25, 0.3) is 0 Å². The van der Waals surface area contributed by atoms with Gasteiger partial charge in [-0.2, -0.15) is 12.6 Å². The molecule has 4 nitrogen and oxygen atoms in total. The van der Waals surface area contributed by atoms with E-state index in [1.807, 2.05) is 6.92 Å². The highest BCUT2D eigenvalue weighted by Crippen LogP contribution is 2.36. The van der Waals surface area contributed by atoms with E-state index < -0.39 is 12.0 Å². The first kappa shape index (κ1) is 21.6. The Kier molecular flexibility index (Phi) is 7.75. The van der Waals surface area contributed by atoms with Crippen molar-refractivity contribution in [2.75, 3.05) is 5.75 Å². The molecule has 0 spiro atoms. The monoisotopic (exact) mass is 421 g/mol. The van der Waals surface area contributed by atoms with E-state index in [1.165, 1.54) is 43.2 Å². The average molecular weight is 422 g/mol. The second-order valence-electron chi connectivity index (χ2n) is 8.10. The molecule has 1 saturated carbocycles. The van der Waals surface area contributed by atoms with Gasteiger partial charge < -0.3 is 10.0 Å². The maximum atomic E-state index is 12.7. The van der Waals surface area contributed by atoms with Crippen molar-refractivity contribution in [3.05, 3.63) is 35.4 Å². The van der Waals surface area contributed by atoms with Gasteiger partial charge in [0.1, 0.15) is 6.04 Å². The molecule has 3 atom stereocenters. The third-order valence-electron chi connectivity index (χ3n) is 6.07. The Bertz CT molecular complexity index is 673. The van der Waals surface area contributed by atoms with Crippen molar-refractivity contribution in [1.82, 2.24) is 4.90 Å². The van der Waals surface area contributed by atoms with E-state index in [0.29, 0.717) is 18.1 Å². The molecule has 1 heterocycles. The van der Waals surface area contributed by atoms with Crippen molar-refractivity contribution < 1.29 is 14.7 Å². The van der Waals surface area contributed by atoms with E-state index in [0.717, 1.165) is 12.2 Å². The number of hydrogen-bond acceptors (Lipinski definition) is 4. The summed E-state index contributed by atoms with van der Waals surface area (Å²) in [5, 5.41) is 9.45. The van der Waals surface area contributed by atoms with Gasteiger partial charge in [0.05, 0.1) is 5.37 Å². The molecule has 0 bridgehead atoms. The molecule has 1 aromatic carbocycles. The van der Waals surface area contributed by atoms with Crippen molar-refractivity contribution in [3.8, 4) is 0 Å². The highest BCUT2D eigenvalue weighted by atomic mass is 32.2. The molecule has 3 rings (SSSR count). The standard InChI is InChI=1S/C22H31NO3S2/c1-15(13-27)21(24)23-19(22(25)26)11-12-20(23)28-14-16-7-9-18(10-8-16)17-5-3-2-4-6-17/h7-10,15,17,19-20,27H,2-6,11-14H2,1H3,(H,25,26)/t15-,19+,20+/m1/s1. The molecule has 6 heteroatoms. The van der Waals surface area contributed by atoms with Crippen LogP contribution in [-0.4, -0.2) is 39.1 Å². The summed E-state index contributed by atoms with van der Waals surface area (Å²) in [5.41, 5.74) is 2.68. The topological polar surface area (TPSA) is 57.6 Å². The van der Waals surface area contributed by atoms with Crippen LogP contribution in [0.2, 0.25) is 0 Å². The summed E-state index contributed by atoms with van der Waals surface area (Å²) in [6.45, 7) is 1.82. The number of amides is 1. The van der Waals surface area contributed by atoms with E-state index >= 15 is 0 Å². The Hall–Kier alpha value is -1.14. The lowest BCUT2D eigenvalue weighted by Gasteiger charge is -2.30. The van der Waals surface area contributed by atoms with Crippen LogP contribution in [0, 0.1) is 5.92 Å². The quantitative estimate of drug-likeness (QED) is 0.613. The van der Waals surface area contributed by atoms with Crippen LogP contribution in [0.5, 0.6) is 0 Å². The number of thiol groups is 1. The maximum absolute atomic E-state index is 12.7. The van der Waals surface area contributed by atoms with Gasteiger partial charge in [-0.1, -0.05) is 50.5 Å². The Morgan fingerprint density at radius 1 is 1.14 bits per heavy atom. The summed E-state index contributed by atoms with van der Waals surface area (Å²) in [7, 11) is 0. The SMILES string of the molecule is C[C@H](CS)C(=O)N1[C@@H](SCc2ccc(C3CCCCC3)cc2)CC[C@H]1C(=O)O. The van der Waals surface area contributed by atoms with Crippen LogP contribution in [-0.2, 0) is 15.3 Å². The highest BCUT2D eigenvalue weighted by molar-refractivity contribution is 7.99. The van der Waals surface area contributed by atoms with E-state index in [2.05, 4.69) is 36.9 Å². The van der Waals surface area contributed by atoms with Crippen LogP contribution < -0.4 is 0 Å². The minimum absolute atomic E-state index is 0.0750. The van der Waals surface area contributed by atoms with Crippen LogP contribution in [0.15, 0.2) is 24.3 Å². The Morgan fingerprint density at radius 3 is 2.43 bits per heavy atom. The molecule has 1 aromatic rings. The third-order valence-corrected chi connectivity index (χ3v) is 7.96. The summed E-state index contributed by atoms with van der Waals surface area (Å²) in [4.78, 5) is 25.9. The van der Waals surface area contributed by atoms with Crippen LogP contribution in [0.3, 0.4) is 0 Å². The molecule has 1 N–H and O–H groups in total. The molecule has 0 unspecified atom stereocenters. The predicted molar refractivity (Wildman–Crippen MR) is 118 cm³/mol. The van der Waals surface area contributed by atoms with Crippen molar-refractivity contribution >= 4 is 36.3 Å². The number of thioether (sulfide) groups is 1. The molecule has 1 aliphatic heterocycles. The zero-order valence-corrected chi connectivity index (χ0v) is 18.3. The molecule has 1 saturated heterocycles. The fraction of sp³-hybridized carbons (Fsp3) is 0.636. The number of hydrogen-bond donors (Lipinski definition) is 2. The van der Waals surface area contributed by atoms with Crippen LogP contribution in [0.1, 0.15) is 68.9 Å². The van der Waals surface area contributed by atoms with Gasteiger partial charge >= 0.3 is 5.97 Å². The molecule has 154 valence electrons. The first-order valence-electron chi connectivity index (χ1n) is 10.4. The average Bonchev–Trinajstić information content (AvgIpc) is 3.16. The Balaban J connectivity index is 1.62. The lowest BCUT2D eigenvalue weighted by atomic mass is 9.84. The number of rotatable bonds is 7. The van der Waals surface area contributed by atoms with Gasteiger partial charge in [0.15, 0.2) is 0 Å². The number of carboxylic acid groups (broad SMARTS) is 1. The van der Waals surface area contributed by atoms with Crippen LogP contribution in [0.4, 0.5) is 0 Å². The Morgan fingerprint density at radius 2 is 1.82 bits per heavy atom. The predicted octanol–water partition coefficient (Wildman–Crippen LogP) is 4.94. The van der Waals surface area contributed by atoms with Gasteiger partial charge in [-0.25, -0.2) is 4.79 Å². The third kappa shape index (κ3) is 5.07. The molecule has 1 amide bonds. The molecule has 0 aromatic heterocycles. The van der Waals surface area contributed by atoms with Gasteiger partial charge in [-0.05, 0) is 42.7 Å². The number of carbonyl (C=O) groups is 2. The number of carbonyl (C=O) groups excluding carboxylic acids is 1. The molecule has 1 aliphatic carbocycles. The van der Waals surface area contributed by atoms with Crippen molar-refractivity contribution in [2.24, 2.45) is 5.92 Å². The summed E-state index contributed by atoms with van der Waals surface area (Å²) < 4.78 is 0. The molecule has 2 fully saturated rings. The number of carboxylic acids is 1. The highest BCUT2D eigenvalue weighted by Gasteiger charge is 2.42. The summed E-state index contributed by atoms with van der Waals surface area (Å²) >= 11 is 5.90. The minimum Gasteiger partial charge on any atom is -0.480 e. The van der Waals surface area contributed by atoms with Crippen molar-refractivity contribution in [3.63, 3.8) is 0 Å². The zero-order valence-electron chi connectivity index (χ0n) is 16.5. The second kappa shape index (κ2) is 10.1. The lowest BCUT2D eigenvalue weighted by molar-refractivity contribution is -0.149. The van der Waals surface area contributed by atoms with Crippen molar-refractivity contribution in [2.45, 2.75) is 75.0 Å².